The molecule has 0 saturated carbocycles. The maximum Gasteiger partial charge on any atom is 0.242 e. The molecule has 22 heavy (non-hydrogen) atoms. The quantitative estimate of drug-likeness (QED) is 0.850. The highest BCUT2D eigenvalue weighted by Crippen LogP contribution is 2.18. The van der Waals surface area contributed by atoms with E-state index in [1.165, 1.54) is 17.8 Å². The number of hydrogen-bond donors (Lipinski definition) is 1. The molecule has 2 aromatic rings. The minimum Gasteiger partial charge on any atom is -0.370 e. The van der Waals surface area contributed by atoms with Crippen LogP contribution in [0.1, 0.15) is 12.5 Å². The Labute approximate surface area is 132 Å². The van der Waals surface area contributed by atoms with E-state index in [1.54, 1.807) is 12.3 Å². The Hall–Kier alpha value is -1.92. The molecule has 1 N–H and O–H groups in total. The van der Waals surface area contributed by atoms with Gasteiger partial charge in [0.25, 0.3) is 0 Å². The van der Waals surface area contributed by atoms with Crippen molar-refractivity contribution in [2.24, 2.45) is 0 Å². The third-order valence-corrected chi connectivity index (χ3v) is 4.90. The monoisotopic (exact) mass is 319 g/mol. The predicted octanol–water partition coefficient (Wildman–Crippen LogP) is 2.19. The van der Waals surface area contributed by atoms with Crippen LogP contribution in [0.25, 0.3) is 0 Å². The molecular weight excluding hydrogens is 298 g/mol. The molecule has 0 fully saturated rings. The van der Waals surface area contributed by atoms with Crippen molar-refractivity contribution in [1.29, 1.82) is 0 Å². The minimum atomic E-state index is -3.50. The number of para-hydroxylation sites is 1. The second kappa shape index (κ2) is 7.38. The first-order chi connectivity index (χ1) is 10.5. The summed E-state index contributed by atoms with van der Waals surface area (Å²) in [6.45, 7) is 5.89. The molecule has 118 valence electrons. The molecule has 0 saturated heterocycles. The zero-order valence-electron chi connectivity index (χ0n) is 12.9. The number of nitrogens with one attached hydrogen (secondary N) is 1. The average Bonchev–Trinajstić information content (AvgIpc) is 2.53. The number of hydrogen-bond acceptors (Lipinski definition) is 4. The van der Waals surface area contributed by atoms with Gasteiger partial charge >= 0.3 is 0 Å². The molecule has 0 atom stereocenters. The summed E-state index contributed by atoms with van der Waals surface area (Å²) in [7, 11) is -3.50. The van der Waals surface area contributed by atoms with E-state index in [0.717, 1.165) is 12.2 Å². The number of pyridine rings is 1. The van der Waals surface area contributed by atoms with Gasteiger partial charge in [-0.05, 0) is 37.6 Å². The predicted molar refractivity (Wildman–Crippen MR) is 88.5 cm³/mol. The first-order valence-corrected chi connectivity index (χ1v) is 8.73. The molecule has 0 radical (unpaired) electrons. The van der Waals surface area contributed by atoms with Crippen LogP contribution in [0.5, 0.6) is 0 Å². The Morgan fingerprint density at radius 1 is 1.18 bits per heavy atom. The fraction of sp³-hybridized carbons (Fsp3) is 0.312. The molecule has 5 nitrogen and oxygen atoms in total. The first-order valence-electron chi connectivity index (χ1n) is 7.25. The van der Waals surface area contributed by atoms with Crippen LogP contribution in [0.3, 0.4) is 0 Å². The zero-order chi connectivity index (χ0) is 16.0. The molecule has 1 aromatic carbocycles. The van der Waals surface area contributed by atoms with Gasteiger partial charge in [-0.3, -0.25) is 4.98 Å². The molecule has 2 rings (SSSR count). The van der Waals surface area contributed by atoms with Crippen LogP contribution in [0.4, 0.5) is 5.69 Å². The van der Waals surface area contributed by atoms with Crippen molar-refractivity contribution in [3.63, 3.8) is 0 Å². The summed E-state index contributed by atoms with van der Waals surface area (Å²) in [5, 5.41) is 0. The Morgan fingerprint density at radius 2 is 1.95 bits per heavy atom. The number of aryl methyl sites for hydroxylation is 1. The fourth-order valence-corrected chi connectivity index (χ4v) is 3.26. The molecule has 0 aliphatic rings. The molecule has 0 bridgehead atoms. The molecule has 0 spiro atoms. The molecule has 0 unspecified atom stereocenters. The Bertz CT molecular complexity index is 702. The molecule has 1 heterocycles. The van der Waals surface area contributed by atoms with E-state index in [0.29, 0.717) is 13.1 Å². The lowest BCUT2D eigenvalue weighted by Gasteiger charge is -2.25. The second-order valence-electron chi connectivity index (χ2n) is 4.95. The van der Waals surface area contributed by atoms with E-state index in [1.807, 2.05) is 12.1 Å². The lowest BCUT2D eigenvalue weighted by atomic mass is 10.2. The summed E-state index contributed by atoms with van der Waals surface area (Å²) in [4.78, 5) is 6.18. The summed E-state index contributed by atoms with van der Waals surface area (Å²) in [5.41, 5.74) is 2.31. The van der Waals surface area contributed by atoms with Crippen LogP contribution >= 0.6 is 0 Å². The molecule has 6 heteroatoms. The van der Waals surface area contributed by atoms with Crippen molar-refractivity contribution < 1.29 is 8.42 Å². The average molecular weight is 319 g/mol. The minimum absolute atomic E-state index is 0.189. The van der Waals surface area contributed by atoms with Gasteiger partial charge in [0.1, 0.15) is 4.90 Å². The maximum atomic E-state index is 12.1. The zero-order valence-corrected chi connectivity index (χ0v) is 13.7. The molecule has 0 aliphatic heterocycles. The van der Waals surface area contributed by atoms with Gasteiger partial charge < -0.3 is 4.90 Å². The highest BCUT2D eigenvalue weighted by Gasteiger charge is 2.14. The van der Waals surface area contributed by atoms with Gasteiger partial charge in [-0.15, -0.1) is 0 Å². The number of benzene rings is 1. The van der Waals surface area contributed by atoms with E-state index in [-0.39, 0.29) is 4.90 Å². The van der Waals surface area contributed by atoms with Crippen LogP contribution in [0.2, 0.25) is 0 Å². The Balaban J connectivity index is 1.99. The number of sulfonamides is 1. The smallest absolute Gasteiger partial charge is 0.242 e. The van der Waals surface area contributed by atoms with Gasteiger partial charge in [0.05, 0.1) is 0 Å². The number of aromatic nitrogens is 1. The normalized spacial score (nSPS) is 11.4. The van der Waals surface area contributed by atoms with Crippen LogP contribution in [-0.2, 0) is 10.0 Å². The van der Waals surface area contributed by atoms with Crippen molar-refractivity contribution in [3.05, 3.63) is 54.4 Å². The van der Waals surface area contributed by atoms with Crippen molar-refractivity contribution in [1.82, 2.24) is 9.71 Å². The number of anilines is 1. The number of likely N-dealkylation sites (N-methyl/N-ethyl adjacent to an activating group) is 1. The first kappa shape index (κ1) is 16.5. The third-order valence-electron chi connectivity index (χ3n) is 3.46. The standard InChI is InChI=1S/C16H21N3O2S/c1-3-19(16-9-5-4-7-14(16)2)12-11-18-22(20,21)15-8-6-10-17-13-15/h4-10,13,18H,3,11-12H2,1-2H3. The van der Waals surface area contributed by atoms with Gasteiger partial charge in [0, 0.05) is 37.7 Å². The van der Waals surface area contributed by atoms with E-state index < -0.39 is 10.0 Å². The van der Waals surface area contributed by atoms with Crippen LogP contribution < -0.4 is 9.62 Å². The van der Waals surface area contributed by atoms with E-state index in [4.69, 9.17) is 0 Å². The van der Waals surface area contributed by atoms with Crippen LogP contribution in [-0.4, -0.2) is 33.0 Å². The van der Waals surface area contributed by atoms with Crippen LogP contribution in [0.15, 0.2) is 53.7 Å². The van der Waals surface area contributed by atoms with Crippen molar-refractivity contribution in [2.45, 2.75) is 18.7 Å². The Morgan fingerprint density at radius 3 is 2.59 bits per heavy atom. The van der Waals surface area contributed by atoms with Gasteiger partial charge in [0.2, 0.25) is 10.0 Å². The highest BCUT2D eigenvalue weighted by atomic mass is 32.2. The van der Waals surface area contributed by atoms with Gasteiger partial charge in [-0.25, -0.2) is 13.1 Å². The topological polar surface area (TPSA) is 62.3 Å². The number of rotatable bonds is 7. The highest BCUT2D eigenvalue weighted by molar-refractivity contribution is 7.89. The lowest BCUT2D eigenvalue weighted by Crippen LogP contribution is -2.35. The molecule has 0 aliphatic carbocycles. The lowest BCUT2D eigenvalue weighted by molar-refractivity contribution is 0.580. The summed E-state index contributed by atoms with van der Waals surface area (Å²) < 4.78 is 26.9. The van der Waals surface area contributed by atoms with E-state index >= 15 is 0 Å². The maximum absolute atomic E-state index is 12.1. The van der Waals surface area contributed by atoms with Crippen molar-refractivity contribution in [2.75, 3.05) is 24.5 Å². The third kappa shape index (κ3) is 4.05. The van der Waals surface area contributed by atoms with Crippen molar-refractivity contribution >= 4 is 15.7 Å². The molecule has 1 aromatic heterocycles. The van der Waals surface area contributed by atoms with Gasteiger partial charge in [-0.1, -0.05) is 18.2 Å². The fourth-order valence-electron chi connectivity index (χ4n) is 2.27. The largest absolute Gasteiger partial charge is 0.370 e. The van der Waals surface area contributed by atoms with E-state index in [2.05, 4.69) is 40.6 Å². The van der Waals surface area contributed by atoms with Crippen LogP contribution in [0, 0.1) is 6.92 Å². The SMILES string of the molecule is CCN(CCNS(=O)(=O)c1cccnc1)c1ccccc1C. The van der Waals surface area contributed by atoms with Gasteiger partial charge in [0.15, 0.2) is 0 Å². The molecular formula is C16H21N3O2S. The number of nitrogens with zero attached hydrogens (tertiary/aromatic N) is 2. The Kier molecular flexibility index (Phi) is 5.51. The van der Waals surface area contributed by atoms with Gasteiger partial charge in [-0.2, -0.15) is 0 Å². The van der Waals surface area contributed by atoms with Crippen molar-refractivity contribution in [3.8, 4) is 0 Å². The molecule has 0 amide bonds. The van der Waals surface area contributed by atoms with E-state index in [9.17, 15) is 8.42 Å². The summed E-state index contributed by atoms with van der Waals surface area (Å²) in [6.07, 6.45) is 2.90. The summed E-state index contributed by atoms with van der Waals surface area (Å²) in [6, 6.07) is 11.2. The summed E-state index contributed by atoms with van der Waals surface area (Å²) >= 11 is 0. The second-order valence-corrected chi connectivity index (χ2v) is 6.72. The summed E-state index contributed by atoms with van der Waals surface area (Å²) in [5.74, 6) is 0.